The Morgan fingerprint density at radius 3 is 2.00 bits per heavy atom. The van der Waals surface area contributed by atoms with Gasteiger partial charge in [-0.1, -0.05) is 17.7 Å². The second kappa shape index (κ2) is 6.20. The van der Waals surface area contributed by atoms with Crippen LogP contribution in [-0.4, -0.2) is 17.4 Å². The number of phenols is 1. The highest BCUT2D eigenvalue weighted by Gasteiger charge is 1.82. The van der Waals surface area contributed by atoms with Gasteiger partial charge in [0, 0.05) is 0 Å². The number of phenolic OH excluding ortho intramolecular Hbond substituents is 1. The summed E-state index contributed by atoms with van der Waals surface area (Å²) in [5.74, 6) is 0.362. The van der Waals surface area contributed by atoms with Gasteiger partial charge in [0.05, 0.1) is 6.54 Å². The highest BCUT2D eigenvalue weighted by molar-refractivity contribution is 5.77. The Morgan fingerprint density at radius 1 is 1.38 bits per heavy atom. The second-order valence-corrected chi connectivity index (χ2v) is 2.74. The Kier molecular flexibility index (Phi) is 5.55. The summed E-state index contributed by atoms with van der Waals surface area (Å²) in [7, 11) is 0. The van der Waals surface area contributed by atoms with Crippen molar-refractivity contribution in [1.29, 1.82) is 0 Å². The van der Waals surface area contributed by atoms with Gasteiger partial charge in [0.2, 0.25) is 0 Å². The second-order valence-electron chi connectivity index (χ2n) is 2.74. The summed E-state index contributed by atoms with van der Waals surface area (Å²) in [4.78, 5) is 9.69. The predicted octanol–water partition coefficient (Wildman–Crippen LogP) is 1.23. The van der Waals surface area contributed by atoms with E-state index < -0.39 is 0 Å². The molecule has 0 radical (unpaired) electrons. The number of rotatable bonds is 1. The van der Waals surface area contributed by atoms with Crippen LogP contribution in [-0.2, 0) is 4.79 Å². The molecule has 0 saturated heterocycles. The molecule has 3 N–H and O–H groups in total. The first-order valence-electron chi connectivity index (χ1n) is 4.01. The molecule has 0 aliphatic heterocycles. The lowest BCUT2D eigenvalue weighted by Gasteiger charge is -1.89. The Balaban J connectivity index is 0.000000252. The summed E-state index contributed by atoms with van der Waals surface area (Å²) in [6, 6.07) is 7.09. The van der Waals surface area contributed by atoms with Crippen molar-refractivity contribution in [2.75, 3.05) is 6.54 Å². The van der Waals surface area contributed by atoms with Gasteiger partial charge in [-0.05, 0) is 26.0 Å². The van der Waals surface area contributed by atoms with Crippen LogP contribution in [0.1, 0.15) is 12.5 Å². The van der Waals surface area contributed by atoms with Crippen molar-refractivity contribution in [2.45, 2.75) is 13.8 Å². The van der Waals surface area contributed by atoms with Gasteiger partial charge in [-0.15, -0.1) is 0 Å². The van der Waals surface area contributed by atoms with Crippen molar-refractivity contribution in [3.05, 3.63) is 29.8 Å². The maximum absolute atomic E-state index is 9.69. The third-order valence-corrected chi connectivity index (χ3v) is 1.32. The highest BCUT2D eigenvalue weighted by atomic mass is 16.3. The molecule has 0 unspecified atom stereocenters. The number of Topliss-reactive ketones (excluding diaryl/α,β-unsaturated/α-hetero) is 1. The minimum atomic E-state index is 0.0324. The van der Waals surface area contributed by atoms with Gasteiger partial charge in [0.25, 0.3) is 0 Å². The predicted molar refractivity (Wildman–Crippen MR) is 52.6 cm³/mol. The third kappa shape index (κ3) is 7.03. The molecule has 0 saturated carbocycles. The largest absolute Gasteiger partial charge is 0.508 e. The summed E-state index contributed by atoms with van der Waals surface area (Å²) in [6.45, 7) is 3.61. The fourth-order valence-electron chi connectivity index (χ4n) is 0.545. The molecule has 3 nitrogen and oxygen atoms in total. The van der Waals surface area contributed by atoms with Crippen LogP contribution in [0.4, 0.5) is 0 Å². The minimum absolute atomic E-state index is 0.0324. The van der Waals surface area contributed by atoms with Gasteiger partial charge in [-0.25, -0.2) is 0 Å². The monoisotopic (exact) mass is 181 g/mol. The molecule has 0 fully saturated rings. The number of carbonyl (C=O) groups is 1. The molecular weight excluding hydrogens is 166 g/mol. The van der Waals surface area contributed by atoms with Gasteiger partial charge >= 0.3 is 0 Å². The molecule has 0 heterocycles. The van der Waals surface area contributed by atoms with Crippen molar-refractivity contribution >= 4 is 5.78 Å². The first kappa shape index (κ1) is 11.6. The molecular formula is C10H15NO2. The number of hydrogen-bond donors (Lipinski definition) is 2. The van der Waals surface area contributed by atoms with E-state index in [0.29, 0.717) is 5.75 Å². The topological polar surface area (TPSA) is 63.3 Å². The molecule has 0 amide bonds. The number of benzene rings is 1. The normalized spacial score (nSPS) is 8.54. The minimum Gasteiger partial charge on any atom is -0.508 e. The molecule has 0 atom stereocenters. The van der Waals surface area contributed by atoms with E-state index in [9.17, 15) is 4.79 Å². The van der Waals surface area contributed by atoms with Crippen molar-refractivity contribution in [3.63, 3.8) is 0 Å². The van der Waals surface area contributed by atoms with E-state index in [4.69, 9.17) is 10.8 Å². The lowest BCUT2D eigenvalue weighted by molar-refractivity contribution is -0.115. The van der Waals surface area contributed by atoms with Crippen molar-refractivity contribution in [1.82, 2.24) is 0 Å². The van der Waals surface area contributed by atoms with Gasteiger partial charge < -0.3 is 10.8 Å². The number of ketones is 1. The summed E-state index contributed by atoms with van der Waals surface area (Å²) >= 11 is 0. The van der Waals surface area contributed by atoms with Crippen LogP contribution in [0.15, 0.2) is 24.3 Å². The third-order valence-electron chi connectivity index (χ3n) is 1.32. The SMILES string of the molecule is CC(=O)CN.Cc1ccc(O)cc1. The van der Waals surface area contributed by atoms with Gasteiger partial charge in [-0.2, -0.15) is 0 Å². The average molecular weight is 181 g/mol. The zero-order valence-corrected chi connectivity index (χ0v) is 7.95. The standard InChI is InChI=1S/C7H8O.C3H7NO/c1-6-2-4-7(8)5-3-6;1-3(5)2-4/h2-5,8H,1H3;2,4H2,1H3. The van der Waals surface area contributed by atoms with Crippen LogP contribution in [0.3, 0.4) is 0 Å². The zero-order chi connectivity index (χ0) is 10.3. The van der Waals surface area contributed by atoms with E-state index in [1.54, 1.807) is 12.1 Å². The summed E-state index contributed by atoms with van der Waals surface area (Å²) in [5, 5.41) is 8.76. The molecule has 1 aromatic carbocycles. The Morgan fingerprint density at radius 2 is 1.77 bits per heavy atom. The molecule has 0 aliphatic carbocycles. The van der Waals surface area contributed by atoms with E-state index in [1.165, 1.54) is 12.5 Å². The van der Waals surface area contributed by atoms with Crippen LogP contribution >= 0.6 is 0 Å². The van der Waals surface area contributed by atoms with Crippen LogP contribution in [0.25, 0.3) is 0 Å². The number of hydrogen-bond acceptors (Lipinski definition) is 3. The number of nitrogens with two attached hydrogens (primary N) is 1. The quantitative estimate of drug-likeness (QED) is 0.685. The molecule has 0 spiro atoms. The van der Waals surface area contributed by atoms with Gasteiger partial charge in [0.1, 0.15) is 11.5 Å². The number of aryl methyl sites for hydroxylation is 1. The fraction of sp³-hybridized carbons (Fsp3) is 0.300. The Hall–Kier alpha value is -1.35. The van der Waals surface area contributed by atoms with Crippen LogP contribution in [0.5, 0.6) is 5.75 Å². The first-order valence-corrected chi connectivity index (χ1v) is 4.01. The van der Waals surface area contributed by atoms with Crippen molar-refractivity contribution in [2.24, 2.45) is 5.73 Å². The molecule has 13 heavy (non-hydrogen) atoms. The van der Waals surface area contributed by atoms with E-state index in [0.717, 1.165) is 0 Å². The molecule has 0 bridgehead atoms. The van der Waals surface area contributed by atoms with Crippen molar-refractivity contribution < 1.29 is 9.90 Å². The van der Waals surface area contributed by atoms with Gasteiger partial charge in [-0.3, -0.25) is 4.79 Å². The number of aromatic hydroxyl groups is 1. The lowest BCUT2D eigenvalue weighted by atomic mass is 10.2. The van der Waals surface area contributed by atoms with Crippen LogP contribution in [0, 0.1) is 6.92 Å². The van der Waals surface area contributed by atoms with Crippen LogP contribution in [0.2, 0.25) is 0 Å². The zero-order valence-electron chi connectivity index (χ0n) is 7.95. The maximum atomic E-state index is 9.69. The average Bonchev–Trinajstić information content (AvgIpc) is 2.11. The van der Waals surface area contributed by atoms with E-state index in [1.807, 2.05) is 19.1 Å². The molecule has 72 valence electrons. The maximum Gasteiger partial charge on any atom is 0.143 e. The number of carbonyl (C=O) groups excluding carboxylic acids is 1. The molecule has 1 aromatic rings. The smallest absolute Gasteiger partial charge is 0.143 e. The highest BCUT2D eigenvalue weighted by Crippen LogP contribution is 2.07. The van der Waals surface area contributed by atoms with E-state index >= 15 is 0 Å². The fourth-order valence-corrected chi connectivity index (χ4v) is 0.545. The summed E-state index contributed by atoms with van der Waals surface area (Å²) in [5.41, 5.74) is 5.99. The Bertz CT molecular complexity index is 233. The van der Waals surface area contributed by atoms with E-state index in [2.05, 4.69) is 0 Å². The van der Waals surface area contributed by atoms with Crippen LogP contribution < -0.4 is 5.73 Å². The molecule has 0 aliphatic rings. The van der Waals surface area contributed by atoms with E-state index in [-0.39, 0.29) is 12.3 Å². The van der Waals surface area contributed by atoms with Gasteiger partial charge in [0.15, 0.2) is 0 Å². The Labute approximate surface area is 78.2 Å². The molecule has 0 aromatic heterocycles. The molecule has 1 rings (SSSR count). The first-order chi connectivity index (χ1) is 6.06. The van der Waals surface area contributed by atoms with Crippen molar-refractivity contribution in [3.8, 4) is 5.75 Å². The molecule has 3 heteroatoms. The summed E-state index contributed by atoms with van der Waals surface area (Å²) < 4.78 is 0. The lowest BCUT2D eigenvalue weighted by Crippen LogP contribution is -2.07. The summed E-state index contributed by atoms with van der Waals surface area (Å²) in [6.07, 6.45) is 0.